The second-order valence-corrected chi connectivity index (χ2v) is 7.56. The molecular weight excluding hydrogens is 356 g/mol. The number of rotatable bonds is 6. The van der Waals surface area contributed by atoms with Gasteiger partial charge in [0.1, 0.15) is 11.3 Å². The van der Waals surface area contributed by atoms with Gasteiger partial charge in [-0.25, -0.2) is 13.2 Å². The minimum Gasteiger partial charge on any atom is -0.495 e. The van der Waals surface area contributed by atoms with Crippen LogP contribution in [0.15, 0.2) is 70.4 Å². The first-order chi connectivity index (χ1) is 12.4. The number of carboxylic acids is 1. The minimum absolute atomic E-state index is 0.0969. The van der Waals surface area contributed by atoms with Gasteiger partial charge in [-0.15, -0.1) is 0 Å². The predicted molar refractivity (Wildman–Crippen MR) is 95.0 cm³/mol. The van der Waals surface area contributed by atoms with E-state index in [2.05, 4.69) is 0 Å². The van der Waals surface area contributed by atoms with Gasteiger partial charge in [0.05, 0.1) is 30.3 Å². The van der Waals surface area contributed by atoms with E-state index in [1.54, 1.807) is 30.3 Å². The zero-order valence-electron chi connectivity index (χ0n) is 13.9. The topological polar surface area (TPSA) is 93.8 Å². The molecule has 0 spiro atoms. The quantitative estimate of drug-likeness (QED) is 0.710. The fourth-order valence-electron chi connectivity index (χ4n) is 2.75. The lowest BCUT2D eigenvalue weighted by atomic mass is 9.99. The number of sulfone groups is 1. The highest BCUT2D eigenvalue weighted by Crippen LogP contribution is 2.36. The largest absolute Gasteiger partial charge is 0.495 e. The second-order valence-electron chi connectivity index (χ2n) is 5.57. The first kappa shape index (κ1) is 17.8. The summed E-state index contributed by atoms with van der Waals surface area (Å²) in [5.74, 6) is -1.61. The average molecular weight is 372 g/mol. The van der Waals surface area contributed by atoms with Crippen LogP contribution in [-0.4, -0.2) is 26.6 Å². The van der Waals surface area contributed by atoms with Crippen LogP contribution in [0.1, 0.15) is 15.9 Å². The van der Waals surface area contributed by atoms with E-state index in [0.717, 1.165) is 0 Å². The van der Waals surface area contributed by atoms with Crippen molar-refractivity contribution in [1.82, 2.24) is 0 Å². The highest BCUT2D eigenvalue weighted by atomic mass is 32.2. The fourth-order valence-corrected chi connectivity index (χ4v) is 4.14. The summed E-state index contributed by atoms with van der Waals surface area (Å²) in [7, 11) is -2.35. The van der Waals surface area contributed by atoms with E-state index in [4.69, 9.17) is 9.15 Å². The number of hydrogen-bond acceptors (Lipinski definition) is 5. The van der Waals surface area contributed by atoms with Crippen LogP contribution in [-0.2, 0) is 15.6 Å². The monoisotopic (exact) mass is 372 g/mol. The van der Waals surface area contributed by atoms with Crippen molar-refractivity contribution in [2.45, 2.75) is 10.6 Å². The normalized spacial score (nSPS) is 11.3. The van der Waals surface area contributed by atoms with Crippen molar-refractivity contribution >= 4 is 15.8 Å². The Kier molecular flexibility index (Phi) is 4.81. The molecule has 7 heteroatoms. The summed E-state index contributed by atoms with van der Waals surface area (Å²) in [6.07, 6.45) is 2.92. The van der Waals surface area contributed by atoms with Crippen molar-refractivity contribution in [3.8, 4) is 16.9 Å². The molecule has 0 saturated carbocycles. The molecule has 0 unspecified atom stereocenters. The van der Waals surface area contributed by atoms with Crippen LogP contribution >= 0.6 is 0 Å². The molecule has 6 nitrogen and oxygen atoms in total. The van der Waals surface area contributed by atoms with Gasteiger partial charge in [0, 0.05) is 11.1 Å². The van der Waals surface area contributed by atoms with Crippen LogP contribution in [0.4, 0.5) is 0 Å². The van der Waals surface area contributed by atoms with Gasteiger partial charge in [0.15, 0.2) is 9.84 Å². The van der Waals surface area contributed by atoms with E-state index in [-0.39, 0.29) is 21.8 Å². The summed E-state index contributed by atoms with van der Waals surface area (Å²) >= 11 is 0. The van der Waals surface area contributed by atoms with Crippen molar-refractivity contribution < 1.29 is 27.5 Å². The van der Waals surface area contributed by atoms with E-state index < -0.39 is 21.6 Å². The number of carboxylic acid groups (broad SMARTS) is 1. The molecule has 0 atom stereocenters. The average Bonchev–Trinajstić information content (AvgIpc) is 3.15. The molecule has 0 saturated heterocycles. The van der Waals surface area contributed by atoms with Gasteiger partial charge in [-0.05, 0) is 23.8 Å². The lowest BCUT2D eigenvalue weighted by Gasteiger charge is -2.15. The molecule has 1 heterocycles. The summed E-state index contributed by atoms with van der Waals surface area (Å²) < 4.78 is 35.6. The third kappa shape index (κ3) is 3.34. The van der Waals surface area contributed by atoms with Gasteiger partial charge in [0.2, 0.25) is 0 Å². The first-order valence-corrected chi connectivity index (χ1v) is 9.33. The minimum atomic E-state index is -3.70. The maximum atomic E-state index is 12.6. The van der Waals surface area contributed by atoms with Crippen LogP contribution in [0.3, 0.4) is 0 Å². The number of methoxy groups -OCH3 is 1. The molecule has 2 aromatic carbocycles. The Bertz CT molecular complexity index is 1020. The Balaban J connectivity index is 2.12. The van der Waals surface area contributed by atoms with Gasteiger partial charge >= 0.3 is 5.97 Å². The zero-order valence-corrected chi connectivity index (χ0v) is 14.7. The van der Waals surface area contributed by atoms with E-state index in [9.17, 15) is 18.3 Å². The Labute approximate surface area is 150 Å². The van der Waals surface area contributed by atoms with E-state index in [0.29, 0.717) is 11.1 Å². The molecule has 1 aromatic heterocycles. The summed E-state index contributed by atoms with van der Waals surface area (Å²) in [6, 6.07) is 12.7. The van der Waals surface area contributed by atoms with Gasteiger partial charge < -0.3 is 14.3 Å². The molecule has 134 valence electrons. The van der Waals surface area contributed by atoms with Gasteiger partial charge in [-0.1, -0.05) is 30.3 Å². The Morgan fingerprint density at radius 3 is 2.42 bits per heavy atom. The van der Waals surface area contributed by atoms with E-state index >= 15 is 0 Å². The van der Waals surface area contributed by atoms with Crippen LogP contribution in [0, 0.1) is 0 Å². The van der Waals surface area contributed by atoms with Gasteiger partial charge in [0.25, 0.3) is 0 Å². The molecule has 0 aliphatic carbocycles. The predicted octanol–water partition coefficient (Wildman–Crippen LogP) is 3.63. The number of carbonyl (C=O) groups is 1. The van der Waals surface area contributed by atoms with Crippen molar-refractivity contribution in [3.63, 3.8) is 0 Å². The molecule has 3 aromatic rings. The maximum absolute atomic E-state index is 12.6. The van der Waals surface area contributed by atoms with Crippen molar-refractivity contribution in [2.75, 3.05) is 7.11 Å². The van der Waals surface area contributed by atoms with Crippen LogP contribution < -0.4 is 4.74 Å². The van der Waals surface area contributed by atoms with Crippen molar-refractivity contribution in [2.24, 2.45) is 0 Å². The second kappa shape index (κ2) is 7.05. The maximum Gasteiger partial charge on any atom is 0.339 e. The number of aromatic carboxylic acids is 1. The SMILES string of the molecule is COc1c(-c2ccoc2)ccc(CS(=O)(=O)c2ccccc2)c1C(=O)O. The van der Waals surface area contributed by atoms with Crippen molar-refractivity contribution in [3.05, 3.63) is 72.2 Å². The lowest BCUT2D eigenvalue weighted by Crippen LogP contribution is -2.12. The number of benzene rings is 2. The lowest BCUT2D eigenvalue weighted by molar-refractivity contribution is 0.0692. The highest BCUT2D eigenvalue weighted by molar-refractivity contribution is 7.90. The number of ether oxygens (including phenoxy) is 1. The van der Waals surface area contributed by atoms with Crippen molar-refractivity contribution in [1.29, 1.82) is 0 Å². The Morgan fingerprint density at radius 2 is 1.85 bits per heavy atom. The molecule has 0 aliphatic heterocycles. The molecule has 3 rings (SSSR count). The third-order valence-corrected chi connectivity index (χ3v) is 5.62. The summed E-state index contributed by atoms with van der Waals surface area (Å²) in [5, 5.41) is 9.67. The molecule has 0 aliphatic rings. The molecule has 0 radical (unpaired) electrons. The molecule has 26 heavy (non-hydrogen) atoms. The smallest absolute Gasteiger partial charge is 0.339 e. The van der Waals surface area contributed by atoms with E-state index in [1.165, 1.54) is 37.8 Å². The highest BCUT2D eigenvalue weighted by Gasteiger charge is 2.25. The summed E-state index contributed by atoms with van der Waals surface area (Å²) in [5.41, 5.74) is 1.14. The molecule has 0 fully saturated rings. The first-order valence-electron chi connectivity index (χ1n) is 7.67. The number of furan rings is 1. The van der Waals surface area contributed by atoms with Crippen LogP contribution in [0.25, 0.3) is 11.1 Å². The molecular formula is C19H16O6S. The van der Waals surface area contributed by atoms with Gasteiger partial charge in [-0.2, -0.15) is 0 Å². The van der Waals surface area contributed by atoms with Gasteiger partial charge in [-0.3, -0.25) is 0 Å². The van der Waals surface area contributed by atoms with E-state index in [1.807, 2.05) is 0 Å². The number of hydrogen-bond donors (Lipinski definition) is 1. The van der Waals surface area contributed by atoms with Crippen LogP contribution in [0.5, 0.6) is 5.75 Å². The standard InChI is InChI=1S/C19H16O6S/c1-24-18-16(13-9-10-25-11-13)8-7-14(17(18)19(20)21)12-26(22,23)15-5-3-2-4-6-15/h2-11H,12H2,1H3,(H,20,21). The molecule has 0 bridgehead atoms. The zero-order chi connectivity index (χ0) is 18.7. The summed E-state index contributed by atoms with van der Waals surface area (Å²) in [4.78, 5) is 12.0. The fraction of sp³-hybridized carbons (Fsp3) is 0.105. The molecule has 1 N–H and O–H groups in total. The Morgan fingerprint density at radius 1 is 1.12 bits per heavy atom. The summed E-state index contributed by atoms with van der Waals surface area (Å²) in [6.45, 7) is 0. The Hall–Kier alpha value is -3.06. The molecule has 0 amide bonds. The van der Waals surface area contributed by atoms with Crippen LogP contribution in [0.2, 0.25) is 0 Å². The third-order valence-electron chi connectivity index (χ3n) is 3.94.